The summed E-state index contributed by atoms with van der Waals surface area (Å²) in [6.45, 7) is 2.05. The summed E-state index contributed by atoms with van der Waals surface area (Å²) in [6.07, 6.45) is -21.8. The minimum atomic E-state index is -5.37. The average molecular weight is 692 g/mol. The smallest absolute Gasteiger partial charge is 0.330 e. The van der Waals surface area contributed by atoms with Gasteiger partial charge in [0, 0.05) is 12.2 Å². The molecular formula is C22H22F18O4. The molecule has 0 fully saturated rings. The summed E-state index contributed by atoms with van der Waals surface area (Å²) < 4.78 is 236. The van der Waals surface area contributed by atoms with Crippen molar-refractivity contribution in [2.45, 2.75) is 86.4 Å². The van der Waals surface area contributed by atoms with E-state index in [1.165, 1.54) is 0 Å². The normalized spacial score (nSPS) is 13.7. The molecule has 0 amide bonds. The molecule has 0 bridgehead atoms. The molecule has 0 spiro atoms. The van der Waals surface area contributed by atoms with Gasteiger partial charge in [0.2, 0.25) is 0 Å². The Morgan fingerprint density at radius 2 is 0.705 bits per heavy atom. The largest absolute Gasteiger partial charge is 0.456 e. The maximum Gasteiger partial charge on any atom is 0.330 e. The van der Waals surface area contributed by atoms with E-state index in [0.29, 0.717) is 12.2 Å². The first-order valence-electron chi connectivity index (χ1n) is 11.1. The van der Waals surface area contributed by atoms with Crippen molar-refractivity contribution in [3.63, 3.8) is 0 Å². The first kappa shape index (κ1) is 43.3. The van der Waals surface area contributed by atoms with E-state index in [0.717, 1.165) is 0 Å². The molecule has 0 atom stereocenters. The highest BCUT2D eigenvalue weighted by Crippen LogP contribution is 2.45. The lowest BCUT2D eigenvalue weighted by Crippen LogP contribution is -2.42. The van der Waals surface area contributed by atoms with Crippen molar-refractivity contribution in [1.29, 1.82) is 0 Å². The Morgan fingerprint density at radius 1 is 0.477 bits per heavy atom. The summed E-state index contributed by atoms with van der Waals surface area (Å²) in [5.41, 5.74) is 0. The Hall–Kier alpha value is -2.84. The Morgan fingerprint density at radius 3 is 0.977 bits per heavy atom. The molecule has 0 aliphatic rings. The molecule has 22 heteroatoms. The third-order valence-electron chi connectivity index (χ3n) is 4.36. The molecule has 260 valence electrons. The first-order chi connectivity index (χ1) is 19.3. The Bertz CT molecular complexity index is 949. The number of carbonyl (C=O) groups excluding carboxylic acids is 2. The van der Waals surface area contributed by atoms with E-state index in [-0.39, 0.29) is 0 Å². The molecule has 0 aliphatic carbocycles. The second kappa shape index (κ2) is 15.9. The highest BCUT2D eigenvalue weighted by atomic mass is 19.3. The molecule has 44 heavy (non-hydrogen) atoms. The van der Waals surface area contributed by atoms with Crippen molar-refractivity contribution in [3.8, 4) is 0 Å². The molecule has 4 nitrogen and oxygen atoms in total. The number of rotatable bonds is 18. The highest BCUT2D eigenvalue weighted by Gasteiger charge is 2.57. The highest BCUT2D eigenvalue weighted by molar-refractivity contribution is 5.81. The van der Waals surface area contributed by atoms with Gasteiger partial charge in [-0.3, -0.25) is 0 Å². The monoisotopic (exact) mass is 692 g/mol. The lowest BCUT2D eigenvalue weighted by atomic mass is 9.96. The van der Waals surface area contributed by atoms with E-state index in [9.17, 15) is 88.6 Å². The second-order valence-corrected chi connectivity index (χ2v) is 8.91. The zero-order valence-corrected chi connectivity index (χ0v) is 21.6. The molecule has 0 saturated heterocycles. The Kier molecular flexibility index (Phi) is 15.7. The van der Waals surface area contributed by atoms with Gasteiger partial charge in [-0.2, -0.15) is 0 Å². The van der Waals surface area contributed by atoms with Crippen LogP contribution in [-0.4, -0.2) is 79.5 Å². The zero-order valence-electron chi connectivity index (χ0n) is 21.6. The van der Waals surface area contributed by atoms with Crippen LogP contribution in [0.15, 0.2) is 25.3 Å². The maximum absolute atomic E-state index is 13.4. The van der Waals surface area contributed by atoms with E-state index in [1.807, 2.05) is 0 Å². The van der Waals surface area contributed by atoms with Crippen LogP contribution in [0.4, 0.5) is 79.0 Å². The van der Waals surface area contributed by atoms with Gasteiger partial charge in [-0.05, 0) is 0 Å². The van der Waals surface area contributed by atoms with Gasteiger partial charge in [0.1, 0.15) is 0 Å². The topological polar surface area (TPSA) is 52.6 Å². The van der Waals surface area contributed by atoms with Crippen LogP contribution in [0.2, 0.25) is 0 Å². The van der Waals surface area contributed by atoms with Gasteiger partial charge >= 0.3 is 36.6 Å². The van der Waals surface area contributed by atoms with E-state index in [4.69, 9.17) is 0 Å². The van der Waals surface area contributed by atoms with E-state index in [1.54, 1.807) is 0 Å². The summed E-state index contributed by atoms with van der Waals surface area (Å²) in [5.74, 6) is -37.0. The van der Waals surface area contributed by atoms with Crippen molar-refractivity contribution >= 4 is 11.9 Å². The molecule has 0 N–H and O–H groups in total. The molecule has 0 rings (SSSR count). The second-order valence-electron chi connectivity index (χ2n) is 8.91. The molecule has 0 unspecified atom stereocenters. The lowest BCUT2D eigenvalue weighted by Gasteiger charge is -2.29. The maximum atomic E-state index is 13.4. The van der Waals surface area contributed by atoms with E-state index < -0.39 is 112 Å². The van der Waals surface area contributed by atoms with Crippen molar-refractivity contribution in [2.24, 2.45) is 0 Å². The van der Waals surface area contributed by atoms with Crippen LogP contribution in [0.5, 0.6) is 0 Å². The average Bonchev–Trinajstić information content (AvgIpc) is 2.77. The fraction of sp³-hybridized carbons (Fsp3) is 0.727. The fourth-order valence-electron chi connectivity index (χ4n) is 2.74. The summed E-state index contributed by atoms with van der Waals surface area (Å²) >= 11 is 0. The molecule has 0 radical (unpaired) electrons. The molecule has 0 aromatic rings. The number of halogens is 18. The number of ether oxygens (including phenoxy) is 2. The summed E-state index contributed by atoms with van der Waals surface area (Å²) in [7, 11) is 0. The zero-order chi connectivity index (χ0) is 35.6. The van der Waals surface area contributed by atoms with Crippen LogP contribution in [-0.2, 0) is 19.1 Å². The van der Waals surface area contributed by atoms with Crippen molar-refractivity contribution in [1.82, 2.24) is 0 Å². The first-order valence-corrected chi connectivity index (χ1v) is 11.1. The minimum Gasteiger partial charge on any atom is -0.456 e. The summed E-state index contributed by atoms with van der Waals surface area (Å²) in [4.78, 5) is 20.9. The minimum absolute atomic E-state index is 0.402. The summed E-state index contributed by atoms with van der Waals surface area (Å²) in [5, 5.41) is 0. The predicted molar refractivity (Wildman–Crippen MR) is 112 cm³/mol. The van der Waals surface area contributed by atoms with Gasteiger partial charge in [0.15, 0.2) is 13.2 Å². The van der Waals surface area contributed by atoms with Crippen LogP contribution in [0.3, 0.4) is 0 Å². The van der Waals surface area contributed by atoms with Crippen LogP contribution >= 0.6 is 0 Å². The van der Waals surface area contributed by atoms with Gasteiger partial charge in [-0.1, -0.05) is 13.2 Å². The van der Waals surface area contributed by atoms with Gasteiger partial charge in [-0.15, -0.1) is 0 Å². The molecular weight excluding hydrogens is 670 g/mol. The quantitative estimate of drug-likeness (QED) is 0.0824. The van der Waals surface area contributed by atoms with Crippen LogP contribution in [0.25, 0.3) is 0 Å². The predicted octanol–water partition coefficient (Wildman–Crippen LogP) is 8.36. The molecule has 0 aromatic heterocycles. The van der Waals surface area contributed by atoms with Crippen LogP contribution < -0.4 is 0 Å². The lowest BCUT2D eigenvalue weighted by molar-refractivity contribution is -0.213. The number of esters is 2. The third-order valence-corrected chi connectivity index (χ3v) is 4.36. The van der Waals surface area contributed by atoms with Gasteiger partial charge in [0.25, 0.3) is 29.6 Å². The third kappa shape index (κ3) is 18.7. The Labute approximate surface area is 236 Å². The number of hydrogen-bond donors (Lipinski definition) is 0. The molecule has 0 aliphatic heterocycles. The van der Waals surface area contributed by atoms with E-state index in [2.05, 4.69) is 22.6 Å². The summed E-state index contributed by atoms with van der Waals surface area (Å²) in [6, 6.07) is 0. The SMILES string of the molecule is C=CC(=O)OCC(F)(F)CC(F)(F)C(F)F.C=CC(=O)OCC(F)(F)CC(F)(F)CC(F)(F)CC(F)(F)CC(F)(F)C(F)F. The molecule has 0 heterocycles. The fourth-order valence-corrected chi connectivity index (χ4v) is 2.74. The van der Waals surface area contributed by atoms with Crippen LogP contribution in [0.1, 0.15) is 32.1 Å². The van der Waals surface area contributed by atoms with Gasteiger partial charge in [0.05, 0.1) is 32.1 Å². The van der Waals surface area contributed by atoms with Crippen molar-refractivity contribution < 1.29 is 98.1 Å². The Balaban J connectivity index is 0. The van der Waals surface area contributed by atoms with Crippen LogP contribution in [0, 0.1) is 0 Å². The van der Waals surface area contributed by atoms with E-state index >= 15 is 0 Å². The molecule has 0 aromatic carbocycles. The number of carbonyl (C=O) groups is 2. The molecule has 0 saturated carbocycles. The van der Waals surface area contributed by atoms with Crippen molar-refractivity contribution in [2.75, 3.05) is 13.2 Å². The number of hydrogen-bond acceptors (Lipinski definition) is 4. The number of alkyl halides is 18. The standard InChI is InChI=1S/C14H14F12O2.C8H8F6O2/c1-2-8(27)28-7-13(23,24)5-11(19,20)3-10(17,18)4-12(21,22)6-14(25,26)9(15)16;1-2-5(15)16-4-7(11,12)3-8(13,14)6(9)10/h2,9H,1,3-7H2;2,6H,1,3-4H2. The van der Waals surface area contributed by atoms with Gasteiger partial charge in [-0.25, -0.2) is 88.6 Å². The van der Waals surface area contributed by atoms with Gasteiger partial charge < -0.3 is 9.47 Å². The van der Waals surface area contributed by atoms with Crippen molar-refractivity contribution in [3.05, 3.63) is 25.3 Å².